The minimum absolute atomic E-state index is 0.315. The lowest BCUT2D eigenvalue weighted by Crippen LogP contribution is -2.39. The third-order valence-electron chi connectivity index (χ3n) is 3.10. The number of hydrogen-bond acceptors (Lipinski definition) is 5. The Morgan fingerprint density at radius 1 is 1.58 bits per heavy atom. The van der Waals surface area contributed by atoms with Crippen molar-refractivity contribution in [1.29, 1.82) is 0 Å². The van der Waals surface area contributed by atoms with Crippen LogP contribution >= 0.6 is 11.3 Å². The number of nitrogens with zero attached hydrogens (tertiary/aromatic N) is 3. The summed E-state index contributed by atoms with van der Waals surface area (Å²) in [6.07, 6.45) is 4.21. The zero-order chi connectivity index (χ0) is 13.7. The van der Waals surface area contributed by atoms with Crippen molar-refractivity contribution in [3.05, 3.63) is 35.0 Å². The molecule has 5 nitrogen and oxygen atoms in total. The number of aromatic nitrogens is 3. The molecule has 6 heteroatoms. The van der Waals surface area contributed by atoms with E-state index in [-0.39, 0.29) is 0 Å². The highest BCUT2D eigenvalue weighted by Crippen LogP contribution is 2.24. The van der Waals surface area contributed by atoms with Gasteiger partial charge < -0.3 is 10.4 Å². The molecule has 2 N–H and O–H groups in total. The Bertz CT molecular complexity index is 467. The molecule has 2 unspecified atom stereocenters. The fourth-order valence-electron chi connectivity index (χ4n) is 1.82. The Hall–Kier alpha value is -1.24. The van der Waals surface area contributed by atoms with Gasteiger partial charge in [-0.1, -0.05) is 6.07 Å². The van der Waals surface area contributed by atoms with Crippen LogP contribution < -0.4 is 5.32 Å². The van der Waals surface area contributed by atoms with Crippen LogP contribution in [0, 0.1) is 0 Å². The third kappa shape index (κ3) is 4.12. The summed E-state index contributed by atoms with van der Waals surface area (Å²) >= 11 is 1.58. The third-order valence-corrected chi connectivity index (χ3v) is 4.23. The summed E-state index contributed by atoms with van der Waals surface area (Å²) in [4.78, 5) is 4.90. The molecule has 0 aliphatic carbocycles. The maximum atomic E-state index is 10.4. The molecule has 0 saturated carbocycles. The van der Waals surface area contributed by atoms with E-state index in [4.69, 9.17) is 0 Å². The van der Waals surface area contributed by atoms with Crippen molar-refractivity contribution in [2.45, 2.75) is 38.5 Å². The first-order chi connectivity index (χ1) is 9.08. The number of aliphatic hydroxyl groups is 1. The van der Waals surface area contributed by atoms with Crippen LogP contribution in [0.15, 0.2) is 30.2 Å². The van der Waals surface area contributed by atoms with E-state index in [1.807, 2.05) is 29.1 Å². The van der Waals surface area contributed by atoms with Crippen molar-refractivity contribution in [3.8, 4) is 0 Å². The molecular formula is C13H20N4OS. The SMILES string of the molecule is CC(CCn1cncn1)NCC(C)(O)c1cccs1. The number of hydrogen-bond donors (Lipinski definition) is 2. The first-order valence-electron chi connectivity index (χ1n) is 6.40. The van der Waals surface area contributed by atoms with Gasteiger partial charge in [-0.15, -0.1) is 11.3 Å². The fraction of sp³-hybridized carbons (Fsp3) is 0.538. The molecule has 0 aliphatic rings. The van der Waals surface area contributed by atoms with E-state index >= 15 is 0 Å². The van der Waals surface area contributed by atoms with Crippen LogP contribution in [0.2, 0.25) is 0 Å². The standard InChI is InChI=1S/C13H20N4OS/c1-11(5-6-17-10-14-9-16-17)15-8-13(2,18)12-4-3-7-19-12/h3-4,7,9-11,15,18H,5-6,8H2,1-2H3. The number of thiophene rings is 1. The molecule has 0 spiro atoms. The van der Waals surface area contributed by atoms with Gasteiger partial charge in [0.2, 0.25) is 0 Å². The van der Waals surface area contributed by atoms with Gasteiger partial charge in [0.15, 0.2) is 0 Å². The van der Waals surface area contributed by atoms with Gasteiger partial charge in [0, 0.05) is 24.0 Å². The number of rotatable bonds is 7. The average molecular weight is 280 g/mol. The molecule has 0 radical (unpaired) electrons. The van der Waals surface area contributed by atoms with Crippen LogP contribution in [0.25, 0.3) is 0 Å². The Kier molecular flexibility index (Phi) is 4.68. The Balaban J connectivity index is 1.75. The van der Waals surface area contributed by atoms with Crippen LogP contribution in [-0.4, -0.2) is 32.5 Å². The normalized spacial score (nSPS) is 16.2. The van der Waals surface area contributed by atoms with Crippen LogP contribution in [0.5, 0.6) is 0 Å². The zero-order valence-electron chi connectivity index (χ0n) is 11.3. The summed E-state index contributed by atoms with van der Waals surface area (Å²) in [6.45, 7) is 5.33. The molecule has 2 aromatic heterocycles. The van der Waals surface area contributed by atoms with Crippen LogP contribution in [-0.2, 0) is 12.1 Å². The quantitative estimate of drug-likeness (QED) is 0.809. The van der Waals surface area contributed by atoms with Gasteiger partial charge in [0.25, 0.3) is 0 Å². The zero-order valence-corrected chi connectivity index (χ0v) is 12.1. The second kappa shape index (κ2) is 6.27. The van der Waals surface area contributed by atoms with E-state index in [1.54, 1.807) is 24.0 Å². The van der Waals surface area contributed by atoms with Gasteiger partial charge in [-0.2, -0.15) is 5.10 Å². The molecule has 0 saturated heterocycles. The van der Waals surface area contributed by atoms with E-state index in [0.717, 1.165) is 17.8 Å². The van der Waals surface area contributed by atoms with Crippen LogP contribution in [0.1, 0.15) is 25.1 Å². The van der Waals surface area contributed by atoms with Crippen molar-refractivity contribution in [1.82, 2.24) is 20.1 Å². The largest absolute Gasteiger partial charge is 0.383 e. The molecule has 19 heavy (non-hydrogen) atoms. The molecule has 0 fully saturated rings. The molecule has 0 aromatic carbocycles. The molecule has 2 atom stereocenters. The Morgan fingerprint density at radius 2 is 2.42 bits per heavy atom. The first-order valence-corrected chi connectivity index (χ1v) is 7.28. The molecule has 0 amide bonds. The highest BCUT2D eigenvalue weighted by molar-refractivity contribution is 7.10. The minimum Gasteiger partial charge on any atom is -0.383 e. The van der Waals surface area contributed by atoms with Gasteiger partial charge in [-0.3, -0.25) is 4.68 Å². The lowest BCUT2D eigenvalue weighted by Gasteiger charge is -2.25. The van der Waals surface area contributed by atoms with Crippen molar-refractivity contribution >= 4 is 11.3 Å². The van der Waals surface area contributed by atoms with Crippen LogP contribution in [0.4, 0.5) is 0 Å². The summed E-state index contributed by atoms with van der Waals surface area (Å²) in [5.41, 5.74) is -0.810. The number of nitrogens with one attached hydrogen (secondary N) is 1. The van der Waals surface area contributed by atoms with E-state index in [2.05, 4.69) is 22.3 Å². The predicted octanol–water partition coefficient (Wildman–Crippen LogP) is 1.62. The molecule has 2 heterocycles. The molecule has 0 bridgehead atoms. The van der Waals surface area contributed by atoms with E-state index in [0.29, 0.717) is 12.6 Å². The van der Waals surface area contributed by atoms with Crippen molar-refractivity contribution < 1.29 is 5.11 Å². The van der Waals surface area contributed by atoms with Crippen LogP contribution in [0.3, 0.4) is 0 Å². The molecule has 104 valence electrons. The average Bonchev–Trinajstić information content (AvgIpc) is 3.06. The maximum absolute atomic E-state index is 10.4. The van der Waals surface area contributed by atoms with Crippen molar-refractivity contribution in [2.75, 3.05) is 6.54 Å². The minimum atomic E-state index is -0.810. The molecule has 0 aliphatic heterocycles. The first kappa shape index (κ1) is 14.2. The van der Waals surface area contributed by atoms with Gasteiger partial charge in [0.05, 0.1) is 0 Å². The Morgan fingerprint density at radius 3 is 3.05 bits per heavy atom. The van der Waals surface area contributed by atoms with Gasteiger partial charge in [-0.05, 0) is 31.7 Å². The predicted molar refractivity (Wildman–Crippen MR) is 76.0 cm³/mol. The summed E-state index contributed by atoms with van der Waals surface area (Å²) in [6, 6.07) is 4.24. The number of aryl methyl sites for hydroxylation is 1. The van der Waals surface area contributed by atoms with Crippen molar-refractivity contribution in [3.63, 3.8) is 0 Å². The van der Waals surface area contributed by atoms with Gasteiger partial charge in [-0.25, -0.2) is 4.98 Å². The lowest BCUT2D eigenvalue weighted by atomic mass is 10.0. The lowest BCUT2D eigenvalue weighted by molar-refractivity contribution is 0.0576. The molecule has 2 aromatic rings. The van der Waals surface area contributed by atoms with Gasteiger partial charge >= 0.3 is 0 Å². The second-order valence-electron chi connectivity index (χ2n) is 4.98. The van der Waals surface area contributed by atoms with E-state index < -0.39 is 5.60 Å². The smallest absolute Gasteiger partial charge is 0.137 e. The Labute approximate surface area is 117 Å². The van der Waals surface area contributed by atoms with E-state index in [1.165, 1.54) is 0 Å². The summed E-state index contributed by atoms with van der Waals surface area (Å²) in [5, 5.41) is 19.8. The summed E-state index contributed by atoms with van der Waals surface area (Å²) < 4.78 is 1.82. The highest BCUT2D eigenvalue weighted by Gasteiger charge is 2.24. The molecular weight excluding hydrogens is 260 g/mol. The highest BCUT2D eigenvalue weighted by atomic mass is 32.1. The van der Waals surface area contributed by atoms with E-state index in [9.17, 15) is 5.11 Å². The molecule has 2 rings (SSSR count). The van der Waals surface area contributed by atoms with Gasteiger partial charge in [0.1, 0.15) is 18.3 Å². The monoisotopic (exact) mass is 280 g/mol. The fourth-order valence-corrected chi connectivity index (χ4v) is 2.61. The summed E-state index contributed by atoms with van der Waals surface area (Å²) in [7, 11) is 0. The van der Waals surface area contributed by atoms with Crippen molar-refractivity contribution in [2.24, 2.45) is 0 Å². The summed E-state index contributed by atoms with van der Waals surface area (Å²) in [5.74, 6) is 0. The second-order valence-corrected chi connectivity index (χ2v) is 5.93. The topological polar surface area (TPSA) is 63.0 Å². The maximum Gasteiger partial charge on any atom is 0.137 e.